The van der Waals surface area contributed by atoms with E-state index in [2.05, 4.69) is 0 Å². The molecule has 20 heavy (non-hydrogen) atoms. The molecule has 2 N–H and O–H groups in total. The molecule has 6 heteroatoms. The summed E-state index contributed by atoms with van der Waals surface area (Å²) >= 11 is 0. The van der Waals surface area contributed by atoms with Crippen LogP contribution >= 0.6 is 0 Å². The van der Waals surface area contributed by atoms with Gasteiger partial charge in [-0.05, 0) is 24.6 Å². The number of benzene rings is 1. The van der Waals surface area contributed by atoms with Gasteiger partial charge in [0.2, 0.25) is 11.8 Å². The van der Waals surface area contributed by atoms with Gasteiger partial charge in [0.15, 0.2) is 0 Å². The molecule has 2 rings (SSSR count). The zero-order valence-corrected chi connectivity index (χ0v) is 11.4. The SMILES string of the molecule is CCN1CC(=O)N(CC(N)c2ccc(F)cc2)CC1=O. The van der Waals surface area contributed by atoms with Crippen LogP contribution in [0.3, 0.4) is 0 Å². The Labute approximate surface area is 117 Å². The smallest absolute Gasteiger partial charge is 0.242 e. The van der Waals surface area contributed by atoms with Gasteiger partial charge in [-0.1, -0.05) is 12.1 Å². The molecule has 1 unspecified atom stereocenters. The van der Waals surface area contributed by atoms with E-state index in [-0.39, 0.29) is 37.3 Å². The minimum atomic E-state index is -0.430. The van der Waals surface area contributed by atoms with Crippen molar-refractivity contribution in [3.63, 3.8) is 0 Å². The van der Waals surface area contributed by atoms with Crippen molar-refractivity contribution < 1.29 is 14.0 Å². The summed E-state index contributed by atoms with van der Waals surface area (Å²) in [7, 11) is 0. The first kappa shape index (κ1) is 14.5. The van der Waals surface area contributed by atoms with E-state index in [0.29, 0.717) is 6.54 Å². The number of halogens is 1. The zero-order valence-electron chi connectivity index (χ0n) is 11.4. The Bertz CT molecular complexity index is 504. The van der Waals surface area contributed by atoms with E-state index in [1.807, 2.05) is 6.92 Å². The van der Waals surface area contributed by atoms with E-state index < -0.39 is 6.04 Å². The first-order chi connectivity index (χ1) is 9.51. The summed E-state index contributed by atoms with van der Waals surface area (Å²) in [5.74, 6) is -0.508. The molecule has 5 nitrogen and oxygen atoms in total. The summed E-state index contributed by atoms with van der Waals surface area (Å²) in [6, 6.07) is 5.41. The topological polar surface area (TPSA) is 66.6 Å². The van der Waals surface area contributed by atoms with Crippen molar-refractivity contribution in [2.75, 3.05) is 26.2 Å². The summed E-state index contributed by atoms with van der Waals surface area (Å²) in [5, 5.41) is 0. The lowest BCUT2D eigenvalue weighted by atomic mass is 10.1. The molecule has 1 heterocycles. The minimum absolute atomic E-state index is 0.0571. The molecule has 1 fully saturated rings. The van der Waals surface area contributed by atoms with Gasteiger partial charge in [-0.2, -0.15) is 0 Å². The molecule has 0 aliphatic carbocycles. The average molecular weight is 279 g/mol. The fourth-order valence-electron chi connectivity index (χ4n) is 2.21. The second-order valence-electron chi connectivity index (χ2n) is 4.84. The molecular weight excluding hydrogens is 261 g/mol. The van der Waals surface area contributed by atoms with Crippen LogP contribution in [0.2, 0.25) is 0 Å². The maximum Gasteiger partial charge on any atom is 0.242 e. The molecule has 0 aromatic heterocycles. The second-order valence-corrected chi connectivity index (χ2v) is 4.84. The van der Waals surface area contributed by atoms with E-state index in [9.17, 15) is 14.0 Å². The molecule has 1 aromatic rings. The van der Waals surface area contributed by atoms with Crippen LogP contribution in [-0.4, -0.2) is 47.8 Å². The first-order valence-electron chi connectivity index (χ1n) is 6.58. The van der Waals surface area contributed by atoms with E-state index in [1.165, 1.54) is 21.9 Å². The third-order valence-electron chi connectivity index (χ3n) is 3.45. The summed E-state index contributed by atoms with van der Waals surface area (Å²) in [6.07, 6.45) is 0. The highest BCUT2D eigenvalue weighted by atomic mass is 19.1. The quantitative estimate of drug-likeness (QED) is 0.873. The molecule has 108 valence electrons. The normalized spacial score (nSPS) is 17.6. The Balaban J connectivity index is 2.01. The lowest BCUT2D eigenvalue weighted by Crippen LogP contribution is -2.54. The van der Waals surface area contributed by atoms with Gasteiger partial charge in [0.25, 0.3) is 0 Å². The van der Waals surface area contributed by atoms with Crippen molar-refractivity contribution >= 4 is 11.8 Å². The lowest BCUT2D eigenvalue weighted by molar-refractivity contribution is -0.150. The predicted molar refractivity (Wildman–Crippen MR) is 72.2 cm³/mol. The Kier molecular flexibility index (Phi) is 4.34. The number of nitrogens with two attached hydrogens (primary N) is 1. The Hall–Kier alpha value is -1.95. The standard InChI is InChI=1S/C14H18FN3O2/c1-2-17-8-14(20)18(9-13(17)19)7-12(16)10-3-5-11(15)6-4-10/h3-6,12H,2,7-9,16H2,1H3. The van der Waals surface area contributed by atoms with Gasteiger partial charge in [0, 0.05) is 19.1 Å². The molecule has 1 aromatic carbocycles. The van der Waals surface area contributed by atoms with Crippen molar-refractivity contribution in [1.29, 1.82) is 0 Å². The Morgan fingerprint density at radius 1 is 1.15 bits per heavy atom. The van der Waals surface area contributed by atoms with Crippen molar-refractivity contribution in [1.82, 2.24) is 9.80 Å². The van der Waals surface area contributed by atoms with E-state index in [4.69, 9.17) is 5.73 Å². The summed E-state index contributed by atoms with van der Waals surface area (Å²) in [4.78, 5) is 26.7. The predicted octanol–water partition coefficient (Wildman–Crippen LogP) is 0.516. The van der Waals surface area contributed by atoms with Crippen LogP contribution in [0.15, 0.2) is 24.3 Å². The molecule has 1 saturated heterocycles. The molecule has 0 saturated carbocycles. The number of nitrogens with zero attached hydrogens (tertiary/aromatic N) is 2. The Morgan fingerprint density at radius 2 is 1.70 bits per heavy atom. The number of hydrogen-bond acceptors (Lipinski definition) is 3. The van der Waals surface area contributed by atoms with Crippen molar-refractivity contribution in [3.8, 4) is 0 Å². The Morgan fingerprint density at radius 3 is 2.30 bits per heavy atom. The van der Waals surface area contributed by atoms with Gasteiger partial charge in [-0.3, -0.25) is 9.59 Å². The van der Waals surface area contributed by atoms with Gasteiger partial charge >= 0.3 is 0 Å². The van der Waals surface area contributed by atoms with E-state index in [1.54, 1.807) is 12.1 Å². The number of rotatable bonds is 4. The monoisotopic (exact) mass is 279 g/mol. The molecular formula is C14H18FN3O2. The zero-order chi connectivity index (χ0) is 14.7. The fraction of sp³-hybridized carbons (Fsp3) is 0.429. The summed E-state index contributed by atoms with van der Waals surface area (Å²) in [5.41, 5.74) is 6.75. The maximum atomic E-state index is 12.8. The molecule has 1 atom stereocenters. The van der Waals surface area contributed by atoms with Crippen LogP contribution in [-0.2, 0) is 9.59 Å². The number of carbonyl (C=O) groups is 2. The van der Waals surface area contributed by atoms with Crippen molar-refractivity contribution in [3.05, 3.63) is 35.6 Å². The highest BCUT2D eigenvalue weighted by Gasteiger charge is 2.29. The van der Waals surface area contributed by atoms with Gasteiger partial charge in [-0.15, -0.1) is 0 Å². The largest absolute Gasteiger partial charge is 0.332 e. The minimum Gasteiger partial charge on any atom is -0.332 e. The van der Waals surface area contributed by atoms with E-state index in [0.717, 1.165) is 5.56 Å². The number of piperazine rings is 1. The van der Waals surface area contributed by atoms with Crippen LogP contribution in [0.25, 0.3) is 0 Å². The molecule has 0 radical (unpaired) electrons. The molecule has 1 aliphatic rings. The van der Waals surface area contributed by atoms with Crippen molar-refractivity contribution in [2.45, 2.75) is 13.0 Å². The van der Waals surface area contributed by atoms with Crippen LogP contribution in [0.4, 0.5) is 4.39 Å². The van der Waals surface area contributed by atoms with Gasteiger partial charge in [-0.25, -0.2) is 4.39 Å². The second kappa shape index (κ2) is 6.00. The van der Waals surface area contributed by atoms with Crippen molar-refractivity contribution in [2.24, 2.45) is 5.73 Å². The molecule has 0 spiro atoms. The van der Waals surface area contributed by atoms with Gasteiger partial charge in [0.05, 0.1) is 13.1 Å². The third kappa shape index (κ3) is 3.14. The number of hydrogen-bond donors (Lipinski definition) is 1. The number of likely N-dealkylation sites (N-methyl/N-ethyl adjacent to an activating group) is 1. The summed E-state index contributed by atoms with van der Waals surface area (Å²) < 4.78 is 12.8. The van der Waals surface area contributed by atoms with Gasteiger partial charge in [0.1, 0.15) is 5.82 Å². The average Bonchev–Trinajstić information content (AvgIpc) is 2.43. The van der Waals surface area contributed by atoms with Crippen LogP contribution in [0, 0.1) is 5.82 Å². The molecule has 1 aliphatic heterocycles. The summed E-state index contributed by atoms with van der Waals surface area (Å²) in [6.45, 7) is 2.79. The van der Waals surface area contributed by atoms with E-state index >= 15 is 0 Å². The van der Waals surface area contributed by atoms with Gasteiger partial charge < -0.3 is 15.5 Å². The fourth-order valence-corrected chi connectivity index (χ4v) is 2.21. The number of carbonyl (C=O) groups excluding carboxylic acids is 2. The lowest BCUT2D eigenvalue weighted by Gasteiger charge is -2.34. The van der Waals surface area contributed by atoms with Crippen LogP contribution in [0.5, 0.6) is 0 Å². The highest BCUT2D eigenvalue weighted by Crippen LogP contribution is 2.14. The number of amides is 2. The van der Waals surface area contributed by atoms with Crippen LogP contribution < -0.4 is 5.73 Å². The molecule has 0 bridgehead atoms. The maximum absolute atomic E-state index is 12.8. The molecule has 2 amide bonds. The highest BCUT2D eigenvalue weighted by molar-refractivity contribution is 5.92. The third-order valence-corrected chi connectivity index (χ3v) is 3.45. The first-order valence-corrected chi connectivity index (χ1v) is 6.58. The van der Waals surface area contributed by atoms with Crippen LogP contribution in [0.1, 0.15) is 18.5 Å².